The van der Waals surface area contributed by atoms with E-state index in [4.69, 9.17) is 11.6 Å². The maximum atomic E-state index is 13.5. The van der Waals surface area contributed by atoms with Crippen LogP contribution in [0.4, 0.5) is 5.69 Å². The molecule has 29 heavy (non-hydrogen) atoms. The minimum Gasteiger partial charge on any atom is -0.375 e. The summed E-state index contributed by atoms with van der Waals surface area (Å²) in [5.41, 5.74) is 0.318. The third kappa shape index (κ3) is 3.15. The number of amides is 1. The number of Topliss-reactive ketones (excluding diaryl/α,β-unsaturated/α-hetero) is 1. The molecule has 1 aliphatic heterocycles. The van der Waals surface area contributed by atoms with E-state index in [-0.39, 0.29) is 12.3 Å². The van der Waals surface area contributed by atoms with E-state index in [9.17, 15) is 14.7 Å². The molecule has 0 saturated heterocycles. The van der Waals surface area contributed by atoms with Crippen molar-refractivity contribution < 1.29 is 14.7 Å². The number of rotatable bonds is 5. The topological polar surface area (TPSA) is 57.6 Å². The van der Waals surface area contributed by atoms with Crippen molar-refractivity contribution in [2.45, 2.75) is 19.1 Å². The van der Waals surface area contributed by atoms with Gasteiger partial charge in [-0.25, -0.2) is 0 Å². The predicted molar refractivity (Wildman–Crippen MR) is 113 cm³/mol. The highest BCUT2D eigenvalue weighted by Crippen LogP contribution is 2.46. The summed E-state index contributed by atoms with van der Waals surface area (Å²) in [4.78, 5) is 28.0. The molecule has 0 saturated carbocycles. The first-order valence-electron chi connectivity index (χ1n) is 9.41. The minimum absolute atomic E-state index is 0.212. The summed E-state index contributed by atoms with van der Waals surface area (Å²) in [6, 6.07) is 23.0. The highest BCUT2D eigenvalue weighted by atomic mass is 35.5. The lowest BCUT2D eigenvalue weighted by Crippen LogP contribution is -2.47. The van der Waals surface area contributed by atoms with Gasteiger partial charge in [-0.1, -0.05) is 85.3 Å². The van der Waals surface area contributed by atoms with Crippen LogP contribution in [0.15, 0.2) is 78.9 Å². The largest absolute Gasteiger partial charge is 0.375 e. The van der Waals surface area contributed by atoms with Gasteiger partial charge in [-0.05, 0) is 17.7 Å². The Balaban J connectivity index is 1.75. The van der Waals surface area contributed by atoms with Crippen LogP contribution in [0.5, 0.6) is 0 Å². The van der Waals surface area contributed by atoms with Crippen LogP contribution in [0, 0.1) is 5.92 Å². The van der Waals surface area contributed by atoms with Crippen molar-refractivity contribution in [2.24, 2.45) is 5.92 Å². The molecular weight excluding hydrogens is 386 g/mol. The Morgan fingerprint density at radius 2 is 1.62 bits per heavy atom. The molecule has 4 rings (SSSR count). The van der Waals surface area contributed by atoms with Crippen molar-refractivity contribution in [3.63, 3.8) is 0 Å². The van der Waals surface area contributed by atoms with Crippen LogP contribution < -0.4 is 4.90 Å². The number of anilines is 1. The first-order valence-corrected chi connectivity index (χ1v) is 9.79. The van der Waals surface area contributed by atoms with Gasteiger partial charge in [0.25, 0.3) is 5.91 Å². The Morgan fingerprint density at radius 3 is 2.34 bits per heavy atom. The number of fused-ring (bicyclic) bond motifs is 1. The standard InChI is InChI=1S/C24H20ClNO3/c1-16(22(27)17-9-3-2-4-10-17)24(29)19-12-6-8-14-21(19)26(23(24)28)15-18-11-5-7-13-20(18)25/h2-14,16,29H,15H2,1H3/t16-,24-/m1/s1. The van der Waals surface area contributed by atoms with Crippen LogP contribution in [-0.2, 0) is 16.9 Å². The lowest BCUT2D eigenvalue weighted by Gasteiger charge is -2.28. The summed E-state index contributed by atoms with van der Waals surface area (Å²) in [6.07, 6.45) is 0. The summed E-state index contributed by atoms with van der Waals surface area (Å²) in [6.45, 7) is 1.81. The molecule has 0 aliphatic carbocycles. The molecule has 0 unspecified atom stereocenters. The SMILES string of the molecule is C[C@H](C(=O)c1ccccc1)[C@]1(O)C(=O)N(Cc2ccccc2Cl)c2ccccc21. The van der Waals surface area contributed by atoms with Crippen LogP contribution >= 0.6 is 11.6 Å². The molecular formula is C24H20ClNO3. The average molecular weight is 406 g/mol. The summed E-state index contributed by atoms with van der Waals surface area (Å²) in [5, 5.41) is 12.1. The molecule has 1 aliphatic rings. The van der Waals surface area contributed by atoms with E-state index in [1.807, 2.05) is 24.3 Å². The van der Waals surface area contributed by atoms with Gasteiger partial charge in [0, 0.05) is 16.1 Å². The fourth-order valence-corrected chi connectivity index (χ4v) is 4.07. The molecule has 4 nitrogen and oxygen atoms in total. The number of carbonyl (C=O) groups is 2. The number of halogens is 1. The van der Waals surface area contributed by atoms with E-state index >= 15 is 0 Å². The van der Waals surface area contributed by atoms with Crippen molar-refractivity contribution in [2.75, 3.05) is 4.90 Å². The summed E-state index contributed by atoms with van der Waals surface area (Å²) in [7, 11) is 0. The lowest BCUT2D eigenvalue weighted by atomic mass is 9.79. The highest BCUT2D eigenvalue weighted by Gasteiger charge is 2.55. The van der Waals surface area contributed by atoms with E-state index in [1.54, 1.807) is 61.5 Å². The van der Waals surface area contributed by atoms with Crippen molar-refractivity contribution in [1.29, 1.82) is 0 Å². The molecule has 0 bridgehead atoms. The van der Waals surface area contributed by atoms with Crippen LogP contribution in [0.3, 0.4) is 0 Å². The monoisotopic (exact) mass is 405 g/mol. The van der Waals surface area contributed by atoms with Gasteiger partial charge in [-0.2, -0.15) is 0 Å². The molecule has 1 amide bonds. The average Bonchev–Trinajstić information content (AvgIpc) is 2.97. The zero-order valence-electron chi connectivity index (χ0n) is 15.9. The van der Waals surface area contributed by atoms with Crippen molar-refractivity contribution in [3.8, 4) is 0 Å². The van der Waals surface area contributed by atoms with Gasteiger partial charge < -0.3 is 10.0 Å². The Hall–Kier alpha value is -2.95. The zero-order valence-corrected chi connectivity index (χ0v) is 16.6. The van der Waals surface area contributed by atoms with Crippen molar-refractivity contribution >= 4 is 29.0 Å². The zero-order chi connectivity index (χ0) is 20.6. The summed E-state index contributed by atoms with van der Waals surface area (Å²) in [5.74, 6) is -1.75. The molecule has 0 spiro atoms. The first kappa shape index (κ1) is 19.4. The molecule has 3 aromatic carbocycles. The highest BCUT2D eigenvalue weighted by molar-refractivity contribution is 6.31. The van der Waals surface area contributed by atoms with Gasteiger partial charge >= 0.3 is 0 Å². The van der Waals surface area contributed by atoms with Gasteiger partial charge in [-0.3, -0.25) is 9.59 Å². The van der Waals surface area contributed by atoms with Crippen LogP contribution in [0.25, 0.3) is 0 Å². The van der Waals surface area contributed by atoms with Crippen LogP contribution in [-0.4, -0.2) is 16.8 Å². The third-order valence-corrected chi connectivity index (χ3v) is 5.91. The number of aliphatic hydroxyl groups is 1. The van der Waals surface area contributed by atoms with Gasteiger partial charge in [0.1, 0.15) is 0 Å². The second-order valence-electron chi connectivity index (χ2n) is 7.22. The Morgan fingerprint density at radius 1 is 1.00 bits per heavy atom. The number of hydrogen-bond donors (Lipinski definition) is 1. The molecule has 0 aromatic heterocycles. The number of para-hydroxylation sites is 1. The molecule has 0 radical (unpaired) electrons. The summed E-state index contributed by atoms with van der Waals surface area (Å²) < 4.78 is 0. The lowest BCUT2D eigenvalue weighted by molar-refractivity contribution is -0.139. The molecule has 1 heterocycles. The molecule has 0 fully saturated rings. The van der Waals surface area contributed by atoms with Gasteiger partial charge in [0.2, 0.25) is 0 Å². The number of carbonyl (C=O) groups excluding carboxylic acids is 2. The molecule has 5 heteroatoms. The summed E-state index contributed by atoms with van der Waals surface area (Å²) >= 11 is 6.29. The smallest absolute Gasteiger partial charge is 0.264 e. The van der Waals surface area contributed by atoms with E-state index in [0.717, 1.165) is 5.56 Å². The number of ketones is 1. The van der Waals surface area contributed by atoms with Crippen molar-refractivity contribution in [3.05, 3.63) is 101 Å². The van der Waals surface area contributed by atoms with Gasteiger partial charge in [0.15, 0.2) is 11.4 Å². The second-order valence-corrected chi connectivity index (χ2v) is 7.63. The Labute approximate surface area is 174 Å². The minimum atomic E-state index is -1.94. The maximum absolute atomic E-state index is 13.5. The first-order chi connectivity index (χ1) is 13.9. The van der Waals surface area contributed by atoms with E-state index in [1.165, 1.54) is 4.90 Å². The number of nitrogens with zero attached hydrogens (tertiary/aromatic N) is 1. The number of benzene rings is 3. The normalized spacial score (nSPS) is 19.1. The van der Waals surface area contributed by atoms with E-state index in [0.29, 0.717) is 21.8 Å². The van der Waals surface area contributed by atoms with Crippen LogP contribution in [0.2, 0.25) is 5.02 Å². The Kier molecular flexibility index (Phi) is 4.99. The van der Waals surface area contributed by atoms with E-state index < -0.39 is 17.4 Å². The molecule has 3 aromatic rings. The third-order valence-electron chi connectivity index (χ3n) is 5.54. The molecule has 1 N–H and O–H groups in total. The number of hydrogen-bond acceptors (Lipinski definition) is 3. The predicted octanol–water partition coefficient (Wildman–Crippen LogP) is 4.59. The van der Waals surface area contributed by atoms with Crippen molar-refractivity contribution in [1.82, 2.24) is 0 Å². The van der Waals surface area contributed by atoms with Gasteiger partial charge in [-0.15, -0.1) is 0 Å². The Bertz CT molecular complexity index is 1080. The van der Waals surface area contributed by atoms with E-state index in [2.05, 4.69) is 0 Å². The molecule has 2 atom stereocenters. The molecule has 146 valence electrons. The fourth-order valence-electron chi connectivity index (χ4n) is 3.88. The second kappa shape index (κ2) is 7.47. The van der Waals surface area contributed by atoms with Crippen LogP contribution in [0.1, 0.15) is 28.4 Å². The maximum Gasteiger partial charge on any atom is 0.264 e. The fraction of sp³-hybridized carbons (Fsp3) is 0.167. The van der Waals surface area contributed by atoms with Gasteiger partial charge in [0.05, 0.1) is 18.2 Å². The quantitative estimate of drug-likeness (QED) is 0.631.